The summed E-state index contributed by atoms with van der Waals surface area (Å²) in [6.45, 7) is 7.20. The number of H-pyrrole nitrogens is 1. The topological polar surface area (TPSA) is 190 Å². The minimum atomic E-state index is -1.39. The zero-order valence-corrected chi connectivity index (χ0v) is 42.6. The molecule has 1 saturated heterocycles. The lowest BCUT2D eigenvalue weighted by Crippen LogP contribution is -2.71. The van der Waals surface area contributed by atoms with Crippen molar-refractivity contribution in [2.75, 3.05) is 11.1 Å². The summed E-state index contributed by atoms with van der Waals surface area (Å²) < 4.78 is 11.7. The van der Waals surface area contributed by atoms with Gasteiger partial charge in [0.15, 0.2) is 22.1 Å². The molecule has 3 N–H and O–H groups in total. The number of carbonyl (C=O) groups is 4. The summed E-state index contributed by atoms with van der Waals surface area (Å²) in [5.74, 6) is -1.69. The van der Waals surface area contributed by atoms with E-state index in [-0.39, 0.29) is 26.8 Å². The third-order valence-corrected chi connectivity index (χ3v) is 15.7. The molecule has 1 unspecified atom stereocenters. The Bertz CT molecular complexity index is 2930. The van der Waals surface area contributed by atoms with Crippen LogP contribution in [0.5, 0.6) is 0 Å². The number of esters is 1. The number of benzene rings is 5. The van der Waals surface area contributed by atoms with Gasteiger partial charge in [-0.3, -0.25) is 24.9 Å². The van der Waals surface area contributed by atoms with E-state index in [2.05, 4.69) is 36.0 Å². The van der Waals surface area contributed by atoms with Gasteiger partial charge in [0.05, 0.1) is 4.58 Å². The maximum atomic E-state index is 15.0. The van der Waals surface area contributed by atoms with Crippen LogP contribution < -0.4 is 10.6 Å². The molecule has 0 bridgehead atoms. The summed E-state index contributed by atoms with van der Waals surface area (Å²) in [6, 6.07) is 46.3. The number of thioether (sulfide) groups is 3. The Kier molecular flexibility index (Phi) is 15.3. The van der Waals surface area contributed by atoms with Crippen molar-refractivity contribution in [3.05, 3.63) is 207 Å². The molecule has 1 fully saturated rings. The van der Waals surface area contributed by atoms with Crippen molar-refractivity contribution in [2.24, 2.45) is 5.16 Å². The summed E-state index contributed by atoms with van der Waals surface area (Å²) >= 11 is 5.29. The Hall–Kier alpha value is -7.19. The van der Waals surface area contributed by atoms with Gasteiger partial charge in [-0.05, 0) is 38.8 Å². The van der Waals surface area contributed by atoms with Crippen molar-refractivity contribution in [3.63, 3.8) is 0 Å². The first-order valence-electron chi connectivity index (χ1n) is 22.7. The number of hydrogen-bond donors (Lipinski definition) is 3. The molecule has 7 aromatic rings. The number of thiazole rings is 1. The summed E-state index contributed by atoms with van der Waals surface area (Å²) in [6.07, 6.45) is -0.106. The van der Waals surface area contributed by atoms with E-state index in [9.17, 15) is 19.2 Å². The Morgan fingerprint density at radius 3 is 1.89 bits per heavy atom. The molecular formula is C53H48N8O7S4. The summed E-state index contributed by atoms with van der Waals surface area (Å²) in [5.41, 5.74) is 1.35. The molecule has 72 heavy (non-hydrogen) atoms. The van der Waals surface area contributed by atoms with Crippen LogP contribution in [0.25, 0.3) is 0 Å². The lowest BCUT2D eigenvalue weighted by atomic mass is 9.80. The Morgan fingerprint density at radius 1 is 0.806 bits per heavy atom. The lowest BCUT2D eigenvalue weighted by Gasteiger charge is -2.49. The molecule has 0 saturated carbocycles. The number of nitrogens with zero attached hydrogens (tertiary/aromatic N) is 5. The molecule has 3 amide bonds. The fourth-order valence-electron chi connectivity index (χ4n) is 8.09. The third-order valence-electron chi connectivity index (χ3n) is 11.2. The van der Waals surface area contributed by atoms with Crippen LogP contribution in [0.3, 0.4) is 0 Å². The first-order valence-corrected chi connectivity index (χ1v) is 26.4. The predicted molar refractivity (Wildman–Crippen MR) is 281 cm³/mol. The van der Waals surface area contributed by atoms with Crippen LogP contribution in [0.15, 0.2) is 184 Å². The normalized spacial score (nSPS) is 16.3. The molecule has 9 rings (SSSR count). The van der Waals surface area contributed by atoms with Crippen molar-refractivity contribution in [3.8, 4) is 0 Å². The van der Waals surface area contributed by atoms with Gasteiger partial charge in [0.25, 0.3) is 11.8 Å². The van der Waals surface area contributed by atoms with Crippen LogP contribution in [0.2, 0.25) is 0 Å². The zero-order chi connectivity index (χ0) is 50.2. The first-order chi connectivity index (χ1) is 34.9. The minimum absolute atomic E-state index is 0.0560. The van der Waals surface area contributed by atoms with Crippen molar-refractivity contribution < 1.29 is 33.5 Å². The highest BCUT2D eigenvalue weighted by Gasteiger charge is 2.55. The predicted octanol–water partition coefficient (Wildman–Crippen LogP) is 10.1. The molecule has 0 aliphatic carbocycles. The molecule has 2 aliphatic rings. The van der Waals surface area contributed by atoms with Crippen LogP contribution in [0.4, 0.5) is 9.93 Å². The second kappa shape index (κ2) is 22.1. The highest BCUT2D eigenvalue weighted by Crippen LogP contribution is 2.47. The fraction of sp³-hybridized carbons (Fsp3) is 0.208. The lowest BCUT2D eigenvalue weighted by molar-refractivity contribution is -0.154. The number of rotatable bonds is 17. The molecule has 5 aromatic carbocycles. The first kappa shape index (κ1) is 49.8. The van der Waals surface area contributed by atoms with Gasteiger partial charge >= 0.3 is 12.1 Å². The van der Waals surface area contributed by atoms with Crippen LogP contribution in [0, 0.1) is 0 Å². The van der Waals surface area contributed by atoms with E-state index in [1.54, 1.807) is 26.2 Å². The molecule has 366 valence electrons. The molecule has 0 radical (unpaired) electrons. The average molecular weight is 1040 g/mol. The molecule has 2 aliphatic heterocycles. The minimum Gasteiger partial charge on any atom is -0.448 e. The second-order valence-corrected chi connectivity index (χ2v) is 22.3. The quantitative estimate of drug-likeness (QED) is 0.0149. The van der Waals surface area contributed by atoms with Crippen LogP contribution in [-0.2, 0) is 34.3 Å². The molecule has 0 spiro atoms. The summed E-state index contributed by atoms with van der Waals surface area (Å²) in [4.78, 5) is 75.0. The largest absolute Gasteiger partial charge is 0.448 e. The monoisotopic (exact) mass is 1040 g/mol. The number of β-lactam (4-membered cyclic amide) rings is 1. The van der Waals surface area contributed by atoms with Gasteiger partial charge in [-0.15, -0.1) is 34.9 Å². The van der Waals surface area contributed by atoms with E-state index in [1.807, 2.05) is 159 Å². The number of carbonyl (C=O) groups excluding carboxylic acids is 4. The Morgan fingerprint density at radius 2 is 1.36 bits per heavy atom. The standard InChI is InChI=1S/C53H48N8O7S4/c1-33(72-49-54-32-55-59-49)71-40-31-69-47-42(46(63)61(47)43(40)48(64)66-44(34-20-10-5-11-21-34)35-22-12-6-13-23-35)57-45(62)41(39-30-70-50(56-39)58-51(65)67-52(2,3)4)60-68-53(36-24-14-7-15-25-36,37-26-16-8-17-27-37)38-28-18-9-19-29-38/h5-30,32-33,42,44,47H,31H2,1-4H3,(H,57,62)(H,54,55,59)(H,56,58,65)/b60-41+/t33?,42-,47-/m1/s1. The SMILES string of the molecule is CC(SC1=C(C(=O)OC(c2ccccc2)c2ccccc2)N2C(=O)[C@@H](NC(=O)/C(=N/OC(c3ccccc3)(c3ccccc3)c3ccccc3)c3csc(NC(=O)OC(C)(C)C)n3)[C@H]2SC1)Sc1ncn[nH]1. The number of anilines is 1. The van der Waals surface area contributed by atoms with Crippen molar-refractivity contribution in [1.29, 1.82) is 0 Å². The zero-order valence-electron chi connectivity index (χ0n) is 39.3. The molecule has 19 heteroatoms. The Labute approximate surface area is 432 Å². The maximum Gasteiger partial charge on any atom is 0.413 e. The smallest absolute Gasteiger partial charge is 0.413 e. The van der Waals surface area contributed by atoms with Gasteiger partial charge in [0, 0.05) is 32.7 Å². The second-order valence-electron chi connectivity index (χ2n) is 17.3. The number of ether oxygens (including phenoxy) is 2. The van der Waals surface area contributed by atoms with Gasteiger partial charge in [-0.1, -0.05) is 169 Å². The van der Waals surface area contributed by atoms with Crippen molar-refractivity contribution in [2.45, 2.75) is 66.2 Å². The fourth-order valence-corrected chi connectivity index (χ4v) is 12.5. The Balaban J connectivity index is 1.06. The third kappa shape index (κ3) is 11.1. The number of oxime groups is 1. The highest BCUT2D eigenvalue weighted by atomic mass is 32.2. The van der Waals surface area contributed by atoms with Gasteiger partial charge in [0.1, 0.15) is 34.7 Å². The number of aromatic nitrogens is 4. The average Bonchev–Trinajstić information content (AvgIpc) is 4.09. The summed E-state index contributed by atoms with van der Waals surface area (Å²) in [5, 5.41) is 18.6. The van der Waals surface area contributed by atoms with Crippen molar-refractivity contribution >= 4 is 81.3 Å². The van der Waals surface area contributed by atoms with E-state index >= 15 is 0 Å². The highest BCUT2D eigenvalue weighted by molar-refractivity contribution is 8.19. The van der Waals surface area contributed by atoms with Gasteiger partial charge < -0.3 is 19.6 Å². The van der Waals surface area contributed by atoms with E-state index in [1.165, 1.54) is 46.5 Å². The molecule has 3 atom stereocenters. The van der Waals surface area contributed by atoms with E-state index in [0.717, 1.165) is 39.2 Å². The van der Waals surface area contributed by atoms with E-state index in [0.29, 0.717) is 15.8 Å². The number of fused-ring (bicyclic) bond motifs is 1. The van der Waals surface area contributed by atoms with Crippen molar-refractivity contribution in [1.82, 2.24) is 30.4 Å². The van der Waals surface area contributed by atoms with Crippen LogP contribution in [0.1, 0.15) is 67.3 Å². The van der Waals surface area contributed by atoms with E-state index in [4.69, 9.17) is 14.3 Å². The number of nitrogens with one attached hydrogen (secondary N) is 3. The number of aromatic amines is 1. The van der Waals surface area contributed by atoms with Crippen LogP contribution in [-0.4, -0.2) is 82.0 Å². The molecular weight excluding hydrogens is 989 g/mol. The van der Waals surface area contributed by atoms with Gasteiger partial charge in [-0.2, -0.15) is 5.10 Å². The molecule has 4 heterocycles. The number of hydrogen-bond acceptors (Lipinski definition) is 15. The molecule has 2 aromatic heterocycles. The number of amides is 3. The van der Waals surface area contributed by atoms with Gasteiger partial charge in [0.2, 0.25) is 5.60 Å². The summed E-state index contributed by atoms with van der Waals surface area (Å²) in [7, 11) is 0. The maximum absolute atomic E-state index is 15.0. The van der Waals surface area contributed by atoms with Gasteiger partial charge in [-0.25, -0.2) is 19.6 Å². The van der Waals surface area contributed by atoms with E-state index < -0.39 is 52.6 Å². The van der Waals surface area contributed by atoms with Crippen LogP contribution >= 0.6 is 46.6 Å². The molecule has 15 nitrogen and oxygen atoms in total.